The topological polar surface area (TPSA) is 72.7 Å². The Balaban J connectivity index is 1.47. The van der Waals surface area contributed by atoms with Crippen molar-refractivity contribution < 1.29 is 9.18 Å². The second kappa shape index (κ2) is 5.34. The maximum absolute atomic E-state index is 13.5. The highest BCUT2D eigenvalue weighted by atomic mass is 19.1. The maximum atomic E-state index is 13.5. The van der Waals surface area contributed by atoms with Crippen molar-refractivity contribution in [2.24, 2.45) is 17.3 Å². The van der Waals surface area contributed by atoms with Crippen LogP contribution < -0.4 is 5.32 Å². The average molecular weight is 355 g/mol. The third-order valence-electron chi connectivity index (χ3n) is 6.53. The summed E-state index contributed by atoms with van der Waals surface area (Å²) in [5, 5.41) is 15.8. The van der Waals surface area contributed by atoms with E-state index in [0.717, 1.165) is 32.1 Å². The Labute approximate surface area is 151 Å². The van der Waals surface area contributed by atoms with Gasteiger partial charge < -0.3 is 5.32 Å². The number of halogens is 1. The number of amides is 1. The monoisotopic (exact) mass is 355 g/mol. The van der Waals surface area contributed by atoms with E-state index in [0.29, 0.717) is 23.3 Å². The molecule has 6 rings (SSSR count). The summed E-state index contributed by atoms with van der Waals surface area (Å²) in [6.45, 7) is 1.84. The van der Waals surface area contributed by atoms with E-state index in [9.17, 15) is 9.18 Å². The van der Waals surface area contributed by atoms with Crippen molar-refractivity contribution in [3.63, 3.8) is 0 Å². The number of nitrogens with one attached hydrogen (secondary N) is 1. The van der Waals surface area contributed by atoms with Crippen LogP contribution in [0, 0.1) is 30.0 Å². The summed E-state index contributed by atoms with van der Waals surface area (Å²) in [6, 6.07) is 6.11. The summed E-state index contributed by atoms with van der Waals surface area (Å²) in [4.78, 5) is 15.0. The van der Waals surface area contributed by atoms with Crippen LogP contribution in [0.3, 0.4) is 0 Å². The quantitative estimate of drug-likeness (QED) is 0.918. The molecule has 1 amide bonds. The minimum atomic E-state index is -0.419. The van der Waals surface area contributed by atoms with Gasteiger partial charge in [-0.05, 0) is 80.7 Å². The van der Waals surface area contributed by atoms with Gasteiger partial charge in [-0.3, -0.25) is 4.79 Å². The lowest BCUT2D eigenvalue weighted by Gasteiger charge is -2.60. The van der Waals surface area contributed by atoms with Gasteiger partial charge in [-0.2, -0.15) is 4.80 Å². The van der Waals surface area contributed by atoms with Crippen LogP contribution >= 0.6 is 0 Å². The van der Waals surface area contributed by atoms with Crippen molar-refractivity contribution >= 4 is 11.6 Å². The molecule has 7 heteroatoms. The number of aromatic nitrogens is 4. The summed E-state index contributed by atoms with van der Waals surface area (Å²) < 4.78 is 13.5. The molecule has 0 saturated heterocycles. The lowest BCUT2D eigenvalue weighted by atomic mass is 9.46. The van der Waals surface area contributed by atoms with Crippen molar-refractivity contribution in [3.8, 4) is 0 Å². The van der Waals surface area contributed by atoms with Crippen molar-refractivity contribution in [2.45, 2.75) is 51.0 Å². The Kier molecular flexibility index (Phi) is 3.27. The minimum Gasteiger partial charge on any atom is -0.326 e. The van der Waals surface area contributed by atoms with Crippen LogP contribution in [0.1, 0.15) is 44.3 Å². The number of hydrogen-bond donors (Lipinski definition) is 1. The van der Waals surface area contributed by atoms with Gasteiger partial charge in [0, 0.05) is 5.69 Å². The molecule has 0 spiro atoms. The van der Waals surface area contributed by atoms with Gasteiger partial charge in [0.1, 0.15) is 5.82 Å². The van der Waals surface area contributed by atoms with Gasteiger partial charge in [0.25, 0.3) is 0 Å². The van der Waals surface area contributed by atoms with Gasteiger partial charge in [0.05, 0.1) is 11.0 Å². The summed E-state index contributed by atoms with van der Waals surface area (Å²) >= 11 is 0. The largest absolute Gasteiger partial charge is 0.326 e. The normalized spacial score (nSPS) is 34.8. The van der Waals surface area contributed by atoms with Gasteiger partial charge in [-0.1, -0.05) is 6.07 Å². The minimum absolute atomic E-state index is 0.0124. The maximum Gasteiger partial charge on any atom is 0.230 e. The first-order valence-electron chi connectivity index (χ1n) is 9.31. The van der Waals surface area contributed by atoms with E-state index in [-0.39, 0.29) is 17.3 Å². The molecule has 1 aromatic carbocycles. The van der Waals surface area contributed by atoms with Crippen LogP contribution in [0.25, 0.3) is 0 Å². The summed E-state index contributed by atoms with van der Waals surface area (Å²) in [5.41, 5.74) is -0.0998. The predicted molar refractivity (Wildman–Crippen MR) is 92.7 cm³/mol. The fourth-order valence-corrected chi connectivity index (χ4v) is 6.03. The van der Waals surface area contributed by atoms with Crippen LogP contribution in [0.4, 0.5) is 10.1 Å². The van der Waals surface area contributed by atoms with Crippen LogP contribution in [-0.2, 0) is 10.3 Å². The van der Waals surface area contributed by atoms with E-state index in [1.807, 2.05) is 6.92 Å². The molecule has 26 heavy (non-hydrogen) atoms. The van der Waals surface area contributed by atoms with Gasteiger partial charge in [-0.25, -0.2) is 4.39 Å². The molecule has 0 radical (unpaired) electrons. The van der Waals surface area contributed by atoms with Gasteiger partial charge in [0.2, 0.25) is 5.91 Å². The number of nitrogens with zero attached hydrogens (tertiary/aromatic N) is 4. The Morgan fingerprint density at radius 2 is 2.04 bits per heavy atom. The number of aryl methyl sites for hydroxylation is 1. The first-order valence-corrected chi connectivity index (χ1v) is 9.31. The summed E-state index contributed by atoms with van der Waals surface area (Å²) in [6.07, 6.45) is 5.77. The number of anilines is 1. The molecule has 2 aromatic rings. The number of hydrogen-bond acceptors (Lipinski definition) is 4. The zero-order valence-corrected chi connectivity index (χ0v) is 14.8. The highest BCUT2D eigenvalue weighted by Gasteiger charge is 2.62. The third kappa shape index (κ3) is 2.36. The molecular weight excluding hydrogens is 333 g/mol. The molecule has 1 aromatic heterocycles. The fraction of sp³-hybridized carbons (Fsp3) is 0.579. The molecule has 4 aliphatic rings. The van der Waals surface area contributed by atoms with Gasteiger partial charge >= 0.3 is 0 Å². The van der Waals surface area contributed by atoms with Crippen LogP contribution in [0.15, 0.2) is 24.3 Å². The number of tetrazole rings is 1. The molecule has 4 bridgehead atoms. The lowest BCUT2D eigenvalue weighted by molar-refractivity contribution is -0.152. The Bertz CT molecular complexity index is 864. The number of benzene rings is 1. The van der Waals surface area contributed by atoms with E-state index < -0.39 is 5.41 Å². The molecule has 1 heterocycles. The van der Waals surface area contributed by atoms with Crippen LogP contribution in [0.5, 0.6) is 0 Å². The smallest absolute Gasteiger partial charge is 0.230 e. The molecule has 6 nitrogen and oxygen atoms in total. The highest BCUT2D eigenvalue weighted by molar-refractivity contribution is 5.95. The van der Waals surface area contributed by atoms with Gasteiger partial charge in [0.15, 0.2) is 5.82 Å². The molecule has 2 unspecified atom stereocenters. The lowest BCUT2D eigenvalue weighted by Crippen LogP contribution is -2.60. The highest BCUT2D eigenvalue weighted by Crippen LogP contribution is 2.64. The fourth-order valence-electron chi connectivity index (χ4n) is 6.03. The van der Waals surface area contributed by atoms with Crippen molar-refractivity contribution in [1.29, 1.82) is 0 Å². The molecule has 4 saturated carbocycles. The third-order valence-corrected chi connectivity index (χ3v) is 6.53. The van der Waals surface area contributed by atoms with Crippen molar-refractivity contribution in [2.75, 3.05) is 5.32 Å². The van der Waals surface area contributed by atoms with Crippen molar-refractivity contribution in [1.82, 2.24) is 20.2 Å². The number of carbonyl (C=O) groups excluding carboxylic acids is 1. The second-order valence-corrected chi connectivity index (χ2v) is 8.56. The summed E-state index contributed by atoms with van der Waals surface area (Å²) in [7, 11) is 0. The van der Waals surface area contributed by atoms with E-state index in [2.05, 4.69) is 20.7 Å². The molecule has 1 N–H and O–H groups in total. The molecule has 136 valence electrons. The molecular formula is C19H22FN5O. The first kappa shape index (κ1) is 15.9. The van der Waals surface area contributed by atoms with Crippen LogP contribution in [-0.4, -0.2) is 26.1 Å². The Hall–Kier alpha value is -2.31. The zero-order chi connectivity index (χ0) is 17.9. The molecule has 4 aliphatic carbocycles. The number of rotatable bonds is 3. The standard InChI is InChI=1S/C19H22FN5O/c1-12-22-24-25(23-12)19-9-13-5-14(10-19)8-18(7-13,11-19)17(26)21-16-4-2-3-15(20)6-16/h2-4,6,13-14H,5,7-11H2,1H3,(H,21,26). The SMILES string of the molecule is Cc1nnn(C23CC4CC(CC(C(=O)Nc5cccc(F)c5)(C4)C2)C3)n1. The Morgan fingerprint density at radius 3 is 2.69 bits per heavy atom. The second-order valence-electron chi connectivity index (χ2n) is 8.56. The molecule has 0 aliphatic heterocycles. The van der Waals surface area contributed by atoms with E-state index in [1.165, 1.54) is 18.6 Å². The predicted octanol–water partition coefficient (Wildman–Crippen LogP) is 3.05. The number of carbonyl (C=O) groups is 1. The van der Waals surface area contributed by atoms with Crippen molar-refractivity contribution in [3.05, 3.63) is 35.9 Å². The zero-order valence-electron chi connectivity index (χ0n) is 14.8. The molecule has 4 fully saturated rings. The van der Waals surface area contributed by atoms with Gasteiger partial charge in [-0.15, -0.1) is 10.2 Å². The van der Waals surface area contributed by atoms with Crippen LogP contribution in [0.2, 0.25) is 0 Å². The van der Waals surface area contributed by atoms with E-state index in [4.69, 9.17) is 0 Å². The first-order chi connectivity index (χ1) is 12.5. The Morgan fingerprint density at radius 1 is 1.27 bits per heavy atom. The van der Waals surface area contributed by atoms with E-state index >= 15 is 0 Å². The van der Waals surface area contributed by atoms with E-state index in [1.54, 1.807) is 16.9 Å². The average Bonchev–Trinajstić information content (AvgIpc) is 3.01. The molecule has 2 atom stereocenters. The summed E-state index contributed by atoms with van der Waals surface area (Å²) in [5.74, 6) is 1.37.